The van der Waals surface area contributed by atoms with Crippen LogP contribution in [0.3, 0.4) is 0 Å². The maximum atomic E-state index is 10.8. The first-order valence-corrected chi connectivity index (χ1v) is 6.06. The van der Waals surface area contributed by atoms with Gasteiger partial charge in [0, 0.05) is 24.3 Å². The second-order valence-electron chi connectivity index (χ2n) is 4.71. The molecule has 1 aliphatic heterocycles. The monoisotopic (exact) mass is 228 g/mol. The van der Waals surface area contributed by atoms with Crippen LogP contribution in [0.15, 0.2) is 36.7 Å². The Hall–Kier alpha value is -1.45. The van der Waals surface area contributed by atoms with E-state index in [1.165, 1.54) is 0 Å². The molecule has 1 saturated heterocycles. The third-order valence-electron chi connectivity index (χ3n) is 3.55. The Kier molecular flexibility index (Phi) is 2.57. The molecule has 0 bridgehead atoms. The zero-order chi connectivity index (χ0) is 11.7. The molecule has 2 N–H and O–H groups in total. The molecule has 17 heavy (non-hydrogen) atoms. The van der Waals surface area contributed by atoms with Crippen molar-refractivity contribution in [3.05, 3.63) is 42.2 Å². The maximum absolute atomic E-state index is 10.8. The minimum absolute atomic E-state index is 0.626. The fraction of sp³-hybridized carbons (Fsp3) is 0.357. The van der Waals surface area contributed by atoms with Gasteiger partial charge in [-0.1, -0.05) is 18.2 Å². The van der Waals surface area contributed by atoms with E-state index < -0.39 is 5.60 Å². The predicted octanol–water partition coefficient (Wildman–Crippen LogP) is 1.81. The summed E-state index contributed by atoms with van der Waals surface area (Å²) in [6.07, 6.45) is 5.45. The fourth-order valence-corrected chi connectivity index (χ4v) is 2.64. The van der Waals surface area contributed by atoms with Crippen LogP contribution in [0.4, 0.5) is 0 Å². The van der Waals surface area contributed by atoms with Gasteiger partial charge in [0.2, 0.25) is 0 Å². The molecule has 1 fully saturated rings. The molecule has 0 radical (unpaired) electrons. The van der Waals surface area contributed by atoms with E-state index in [9.17, 15) is 5.11 Å². The lowest BCUT2D eigenvalue weighted by molar-refractivity contribution is 0.0137. The second kappa shape index (κ2) is 4.09. The minimum Gasteiger partial charge on any atom is -0.384 e. The van der Waals surface area contributed by atoms with Crippen molar-refractivity contribution in [2.75, 3.05) is 13.1 Å². The molecular formula is C14H16N2O. The summed E-state index contributed by atoms with van der Waals surface area (Å²) in [7, 11) is 0. The van der Waals surface area contributed by atoms with Crippen LogP contribution in [0, 0.1) is 0 Å². The van der Waals surface area contributed by atoms with Crippen LogP contribution < -0.4 is 5.32 Å². The number of hydrogen-bond acceptors (Lipinski definition) is 3. The van der Waals surface area contributed by atoms with Crippen LogP contribution in [-0.2, 0) is 5.60 Å². The Morgan fingerprint density at radius 3 is 3.06 bits per heavy atom. The molecule has 0 aliphatic carbocycles. The van der Waals surface area contributed by atoms with Gasteiger partial charge in [-0.15, -0.1) is 0 Å². The minimum atomic E-state index is -0.749. The summed E-state index contributed by atoms with van der Waals surface area (Å²) in [4.78, 5) is 4.17. The summed E-state index contributed by atoms with van der Waals surface area (Å²) in [5.41, 5.74) is 0.246. The summed E-state index contributed by atoms with van der Waals surface area (Å²) in [6.45, 7) is 1.62. The van der Waals surface area contributed by atoms with Crippen LogP contribution in [-0.4, -0.2) is 23.2 Å². The Morgan fingerprint density at radius 1 is 1.29 bits per heavy atom. The van der Waals surface area contributed by atoms with Crippen LogP contribution in [0.1, 0.15) is 18.4 Å². The van der Waals surface area contributed by atoms with E-state index in [-0.39, 0.29) is 0 Å². The van der Waals surface area contributed by atoms with Gasteiger partial charge in [-0.25, -0.2) is 0 Å². The van der Waals surface area contributed by atoms with Crippen LogP contribution >= 0.6 is 0 Å². The Balaban J connectivity index is 2.16. The molecule has 1 atom stereocenters. The smallest absolute Gasteiger partial charge is 0.103 e. The second-order valence-corrected chi connectivity index (χ2v) is 4.71. The topological polar surface area (TPSA) is 45.2 Å². The molecule has 0 saturated carbocycles. The standard InChI is InChI=1S/C14H16N2O/c17-14(6-2-7-16-10-14)13-4-1-3-11-5-8-15-9-12(11)13/h1,3-5,8-9,16-17H,2,6-7,10H2. The molecule has 88 valence electrons. The lowest BCUT2D eigenvalue weighted by atomic mass is 9.84. The van der Waals surface area contributed by atoms with E-state index in [4.69, 9.17) is 0 Å². The zero-order valence-electron chi connectivity index (χ0n) is 9.69. The van der Waals surface area contributed by atoms with Crippen LogP contribution in [0.25, 0.3) is 10.8 Å². The van der Waals surface area contributed by atoms with Crippen molar-refractivity contribution >= 4 is 10.8 Å². The highest BCUT2D eigenvalue weighted by atomic mass is 16.3. The molecule has 0 amide bonds. The van der Waals surface area contributed by atoms with Gasteiger partial charge in [0.15, 0.2) is 0 Å². The zero-order valence-corrected chi connectivity index (χ0v) is 9.69. The molecule has 3 rings (SSSR count). The number of rotatable bonds is 1. The van der Waals surface area contributed by atoms with E-state index in [2.05, 4.69) is 16.4 Å². The molecule has 3 heteroatoms. The van der Waals surface area contributed by atoms with Gasteiger partial charge < -0.3 is 10.4 Å². The highest BCUT2D eigenvalue weighted by Gasteiger charge is 2.32. The first-order valence-electron chi connectivity index (χ1n) is 6.06. The summed E-state index contributed by atoms with van der Waals surface area (Å²) in [5.74, 6) is 0. The van der Waals surface area contributed by atoms with Gasteiger partial charge in [-0.2, -0.15) is 0 Å². The molecule has 1 aromatic heterocycles. The predicted molar refractivity (Wildman–Crippen MR) is 67.7 cm³/mol. The number of aromatic nitrogens is 1. The molecule has 3 nitrogen and oxygen atoms in total. The lowest BCUT2D eigenvalue weighted by Gasteiger charge is -2.33. The number of fused-ring (bicyclic) bond motifs is 1. The summed E-state index contributed by atoms with van der Waals surface area (Å²) >= 11 is 0. The summed E-state index contributed by atoms with van der Waals surface area (Å²) in [6, 6.07) is 8.06. The maximum Gasteiger partial charge on any atom is 0.103 e. The highest BCUT2D eigenvalue weighted by Crippen LogP contribution is 2.33. The number of nitrogens with one attached hydrogen (secondary N) is 1. The third kappa shape index (κ3) is 1.81. The first kappa shape index (κ1) is 10.7. The molecule has 2 heterocycles. The summed E-state index contributed by atoms with van der Waals surface area (Å²) in [5, 5.41) is 16.2. The van der Waals surface area contributed by atoms with Crippen LogP contribution in [0.5, 0.6) is 0 Å². The Bertz CT molecular complexity index is 527. The molecule has 2 aromatic rings. The largest absolute Gasteiger partial charge is 0.384 e. The van der Waals surface area contributed by atoms with Crippen LogP contribution in [0.2, 0.25) is 0 Å². The quantitative estimate of drug-likeness (QED) is 0.782. The Morgan fingerprint density at radius 2 is 2.24 bits per heavy atom. The lowest BCUT2D eigenvalue weighted by Crippen LogP contribution is -2.43. The molecule has 1 unspecified atom stereocenters. The number of benzene rings is 1. The van der Waals surface area contributed by atoms with E-state index in [1.807, 2.05) is 24.4 Å². The first-order chi connectivity index (χ1) is 8.30. The van der Waals surface area contributed by atoms with Crippen molar-refractivity contribution in [3.8, 4) is 0 Å². The third-order valence-corrected chi connectivity index (χ3v) is 3.55. The normalized spacial score (nSPS) is 25.0. The van der Waals surface area contributed by atoms with E-state index in [0.29, 0.717) is 6.54 Å². The van der Waals surface area contributed by atoms with Gasteiger partial charge >= 0.3 is 0 Å². The van der Waals surface area contributed by atoms with Crippen molar-refractivity contribution < 1.29 is 5.11 Å². The van der Waals surface area contributed by atoms with Crippen molar-refractivity contribution in [2.24, 2.45) is 0 Å². The van der Waals surface area contributed by atoms with E-state index in [1.54, 1.807) is 6.20 Å². The Labute approximate surface area is 100 Å². The van der Waals surface area contributed by atoms with E-state index in [0.717, 1.165) is 35.7 Å². The highest BCUT2D eigenvalue weighted by molar-refractivity contribution is 5.85. The number of β-amino-alcohol motifs (C(OH)–C–C–N with tert-alkyl or cyclic N) is 1. The van der Waals surface area contributed by atoms with Crippen molar-refractivity contribution in [1.82, 2.24) is 10.3 Å². The molecule has 1 aromatic carbocycles. The van der Waals surface area contributed by atoms with Gasteiger partial charge in [0.05, 0.1) is 0 Å². The van der Waals surface area contributed by atoms with Gasteiger partial charge in [-0.05, 0) is 36.4 Å². The van der Waals surface area contributed by atoms with Gasteiger partial charge in [0.25, 0.3) is 0 Å². The SMILES string of the molecule is OC1(c2cccc3ccncc23)CCCNC1. The van der Waals surface area contributed by atoms with Crippen molar-refractivity contribution in [2.45, 2.75) is 18.4 Å². The van der Waals surface area contributed by atoms with Gasteiger partial charge in [-0.3, -0.25) is 4.98 Å². The number of hydrogen-bond donors (Lipinski definition) is 2. The number of pyridine rings is 1. The summed E-state index contributed by atoms with van der Waals surface area (Å²) < 4.78 is 0. The number of piperidine rings is 1. The van der Waals surface area contributed by atoms with Gasteiger partial charge in [0.1, 0.15) is 5.60 Å². The van der Waals surface area contributed by atoms with Crippen molar-refractivity contribution in [3.63, 3.8) is 0 Å². The average Bonchev–Trinajstić information content (AvgIpc) is 2.39. The van der Waals surface area contributed by atoms with E-state index >= 15 is 0 Å². The number of aliphatic hydroxyl groups is 1. The molecular weight excluding hydrogens is 212 g/mol. The molecule has 1 aliphatic rings. The average molecular weight is 228 g/mol. The molecule has 0 spiro atoms. The fourth-order valence-electron chi connectivity index (χ4n) is 2.64. The van der Waals surface area contributed by atoms with Crippen molar-refractivity contribution in [1.29, 1.82) is 0 Å². The number of nitrogens with zero attached hydrogens (tertiary/aromatic N) is 1.